The molecular weight excluding hydrogens is 553 g/mol. The maximum atomic E-state index is 6.65. The molecule has 212 valence electrons. The summed E-state index contributed by atoms with van der Waals surface area (Å²) in [5.74, 6) is 1.53. The van der Waals surface area contributed by atoms with Crippen molar-refractivity contribution in [2.24, 2.45) is 11.1 Å². The van der Waals surface area contributed by atoms with Crippen LogP contribution in [0.25, 0.3) is 22.3 Å². The normalized spacial score (nSPS) is 21.3. The Morgan fingerprint density at radius 1 is 1.21 bits per heavy atom. The molecule has 2 fully saturated rings. The summed E-state index contributed by atoms with van der Waals surface area (Å²) in [4.78, 5) is 7.42. The van der Waals surface area contributed by atoms with Gasteiger partial charge in [0.15, 0.2) is 5.65 Å². The largest absolute Gasteiger partial charge is 0.496 e. The Morgan fingerprint density at radius 2 is 1.95 bits per heavy atom. The van der Waals surface area contributed by atoms with Crippen LogP contribution in [0.3, 0.4) is 0 Å². The summed E-state index contributed by atoms with van der Waals surface area (Å²) in [6, 6.07) is 8.68. The second-order valence-corrected chi connectivity index (χ2v) is 18.5. The van der Waals surface area contributed by atoms with Crippen LogP contribution < -0.4 is 15.4 Å². The first kappa shape index (κ1) is 28.6. The minimum Gasteiger partial charge on any atom is -0.496 e. The van der Waals surface area contributed by atoms with Crippen LogP contribution >= 0.6 is 23.2 Å². The Hall–Kier alpha value is -1.88. The molecule has 4 heterocycles. The van der Waals surface area contributed by atoms with Gasteiger partial charge in [-0.05, 0) is 31.9 Å². The van der Waals surface area contributed by atoms with E-state index >= 15 is 0 Å². The molecule has 2 aliphatic heterocycles. The molecule has 8 nitrogen and oxygen atoms in total. The van der Waals surface area contributed by atoms with E-state index in [1.165, 1.54) is 0 Å². The van der Waals surface area contributed by atoms with E-state index in [-0.39, 0.29) is 24.3 Å². The number of nitrogens with two attached hydrogens (primary N) is 1. The lowest BCUT2D eigenvalue weighted by molar-refractivity contribution is 0.0814. The number of anilines is 1. The molecule has 0 radical (unpaired) electrons. The second kappa shape index (κ2) is 11.2. The molecule has 5 rings (SSSR count). The smallest absolute Gasteiger partial charge is 0.166 e. The molecule has 0 unspecified atom stereocenters. The standard InChI is InChI=1S/C28H39Cl2N5O3Si/c1-18-26(31)28(16-38-18)9-11-34(12-10-28)22-15-21(36-2)23-25(19-7-6-8-20(29)24(19)30)33-35(27(23)32-22)17-37-13-14-39(3,4)5/h6-8,15,18,26H,9-14,16-17,31H2,1-5H3/t18-,26+/m0/s1. The third kappa shape index (κ3) is 5.67. The highest BCUT2D eigenvalue weighted by Crippen LogP contribution is 2.44. The summed E-state index contributed by atoms with van der Waals surface area (Å²) in [6.07, 6.45) is 2.02. The molecular formula is C28H39Cl2N5O3Si. The molecule has 2 aliphatic rings. The van der Waals surface area contributed by atoms with Crippen LogP contribution in [0.1, 0.15) is 19.8 Å². The fourth-order valence-electron chi connectivity index (χ4n) is 5.60. The monoisotopic (exact) mass is 591 g/mol. The zero-order valence-corrected chi connectivity index (χ0v) is 26.0. The minimum absolute atomic E-state index is 0.0343. The molecule has 2 N–H and O–H groups in total. The van der Waals surface area contributed by atoms with Crippen molar-refractivity contribution in [3.63, 3.8) is 0 Å². The van der Waals surface area contributed by atoms with Gasteiger partial charge in [0.05, 0.1) is 35.3 Å². The zero-order chi connectivity index (χ0) is 27.9. The van der Waals surface area contributed by atoms with Crippen molar-refractivity contribution in [3.05, 3.63) is 34.3 Å². The fraction of sp³-hybridized carbons (Fsp3) is 0.571. The van der Waals surface area contributed by atoms with Crippen molar-refractivity contribution < 1.29 is 14.2 Å². The number of methoxy groups -OCH3 is 1. The summed E-state index contributed by atoms with van der Waals surface area (Å²) < 4.78 is 19.8. The highest BCUT2D eigenvalue weighted by atomic mass is 35.5. The van der Waals surface area contributed by atoms with Crippen LogP contribution in [0, 0.1) is 5.41 Å². The van der Waals surface area contributed by atoms with E-state index in [1.54, 1.807) is 13.2 Å². The number of pyridine rings is 1. The Balaban J connectivity index is 1.51. The number of ether oxygens (including phenoxy) is 3. The molecule has 0 aliphatic carbocycles. The first-order chi connectivity index (χ1) is 18.5. The third-order valence-corrected chi connectivity index (χ3v) is 10.7. The molecule has 0 amide bonds. The molecule has 1 spiro atoms. The molecule has 39 heavy (non-hydrogen) atoms. The molecule has 2 atom stereocenters. The highest BCUT2D eigenvalue weighted by molar-refractivity contribution is 6.76. The number of nitrogens with zero attached hydrogens (tertiary/aromatic N) is 4. The van der Waals surface area contributed by atoms with E-state index < -0.39 is 8.07 Å². The van der Waals surface area contributed by atoms with Crippen LogP contribution in [-0.2, 0) is 16.2 Å². The number of rotatable bonds is 8. The molecule has 2 saturated heterocycles. The van der Waals surface area contributed by atoms with Crippen LogP contribution in [-0.4, -0.2) is 68.4 Å². The lowest BCUT2D eigenvalue weighted by atomic mass is 9.73. The van der Waals surface area contributed by atoms with Gasteiger partial charge in [0.1, 0.15) is 24.0 Å². The molecule has 2 aromatic heterocycles. The van der Waals surface area contributed by atoms with Gasteiger partial charge in [0.2, 0.25) is 0 Å². The summed E-state index contributed by atoms with van der Waals surface area (Å²) in [5.41, 5.74) is 8.68. The number of hydrogen-bond donors (Lipinski definition) is 1. The number of piperidine rings is 1. The van der Waals surface area contributed by atoms with Gasteiger partial charge in [-0.3, -0.25) is 0 Å². The van der Waals surface area contributed by atoms with Crippen molar-refractivity contribution >= 4 is 48.1 Å². The van der Waals surface area contributed by atoms with Crippen molar-refractivity contribution in [2.75, 3.05) is 38.3 Å². The zero-order valence-electron chi connectivity index (χ0n) is 23.5. The number of benzene rings is 1. The van der Waals surface area contributed by atoms with Gasteiger partial charge < -0.3 is 24.8 Å². The van der Waals surface area contributed by atoms with Crippen LogP contribution in [0.2, 0.25) is 35.7 Å². The lowest BCUT2D eigenvalue weighted by Crippen LogP contribution is -2.50. The van der Waals surface area contributed by atoms with E-state index in [4.69, 9.17) is 53.2 Å². The second-order valence-electron chi connectivity index (χ2n) is 12.1. The fourth-order valence-corrected chi connectivity index (χ4v) is 6.74. The van der Waals surface area contributed by atoms with E-state index in [0.717, 1.165) is 55.3 Å². The Bertz CT molecular complexity index is 1340. The van der Waals surface area contributed by atoms with E-state index in [9.17, 15) is 0 Å². The van der Waals surface area contributed by atoms with Gasteiger partial charge in [0, 0.05) is 50.9 Å². The maximum Gasteiger partial charge on any atom is 0.166 e. The number of fused-ring (bicyclic) bond motifs is 1. The Kier molecular flexibility index (Phi) is 8.21. The van der Waals surface area contributed by atoms with Crippen LogP contribution in [0.15, 0.2) is 24.3 Å². The summed E-state index contributed by atoms with van der Waals surface area (Å²) >= 11 is 13.0. The number of halogens is 2. The van der Waals surface area contributed by atoms with Gasteiger partial charge in [-0.1, -0.05) is 55.0 Å². The molecule has 1 aromatic carbocycles. The first-order valence-electron chi connectivity index (χ1n) is 13.6. The highest BCUT2D eigenvalue weighted by Gasteiger charge is 2.47. The first-order valence-corrected chi connectivity index (χ1v) is 18.1. The Morgan fingerprint density at radius 3 is 2.59 bits per heavy atom. The topological polar surface area (TPSA) is 87.7 Å². The summed E-state index contributed by atoms with van der Waals surface area (Å²) in [7, 11) is 0.445. The predicted molar refractivity (Wildman–Crippen MR) is 161 cm³/mol. The van der Waals surface area contributed by atoms with Gasteiger partial charge >= 0.3 is 0 Å². The van der Waals surface area contributed by atoms with Gasteiger partial charge in [-0.15, -0.1) is 0 Å². The van der Waals surface area contributed by atoms with Crippen molar-refractivity contribution in [1.29, 1.82) is 0 Å². The SMILES string of the molecule is COc1cc(N2CCC3(CC2)CO[C@@H](C)[C@H]3N)nc2c1c(-c1cccc(Cl)c1Cl)nn2COCC[Si](C)(C)C. The quantitative estimate of drug-likeness (QED) is 0.251. The van der Waals surface area contributed by atoms with E-state index in [2.05, 4.69) is 31.5 Å². The van der Waals surface area contributed by atoms with Crippen LogP contribution in [0.5, 0.6) is 5.75 Å². The third-order valence-electron chi connectivity index (χ3n) is 8.22. The molecule has 0 saturated carbocycles. The Labute approximate surface area is 241 Å². The summed E-state index contributed by atoms with van der Waals surface area (Å²) in [6.45, 7) is 12.5. The lowest BCUT2D eigenvalue weighted by Gasteiger charge is -2.41. The van der Waals surface area contributed by atoms with Crippen molar-refractivity contribution in [1.82, 2.24) is 14.8 Å². The molecule has 3 aromatic rings. The van der Waals surface area contributed by atoms with E-state index in [1.807, 2.05) is 22.9 Å². The van der Waals surface area contributed by atoms with Crippen LogP contribution in [0.4, 0.5) is 5.82 Å². The maximum absolute atomic E-state index is 6.65. The van der Waals surface area contributed by atoms with Gasteiger partial charge in [0.25, 0.3) is 0 Å². The summed E-state index contributed by atoms with van der Waals surface area (Å²) in [5, 5.41) is 6.63. The number of aromatic nitrogens is 3. The minimum atomic E-state index is -1.23. The average molecular weight is 593 g/mol. The molecule has 11 heteroatoms. The van der Waals surface area contributed by atoms with E-state index in [0.29, 0.717) is 33.7 Å². The van der Waals surface area contributed by atoms with Crippen molar-refractivity contribution in [3.8, 4) is 17.0 Å². The number of hydrogen-bond acceptors (Lipinski definition) is 7. The van der Waals surface area contributed by atoms with Crippen molar-refractivity contribution in [2.45, 2.75) is 64.3 Å². The van der Waals surface area contributed by atoms with Gasteiger partial charge in [-0.2, -0.15) is 5.10 Å². The molecule has 0 bridgehead atoms. The average Bonchev–Trinajstić information content (AvgIpc) is 3.40. The predicted octanol–water partition coefficient (Wildman–Crippen LogP) is 6.06. The van der Waals surface area contributed by atoms with Gasteiger partial charge in [-0.25, -0.2) is 9.67 Å².